The third-order valence-electron chi connectivity index (χ3n) is 4.96. The van der Waals surface area contributed by atoms with Gasteiger partial charge >= 0.3 is 0 Å². The van der Waals surface area contributed by atoms with E-state index in [9.17, 15) is 13.6 Å². The first-order chi connectivity index (χ1) is 15.5. The zero-order valence-corrected chi connectivity index (χ0v) is 18.5. The highest BCUT2D eigenvalue weighted by molar-refractivity contribution is 7.99. The molecule has 4 rings (SSSR count). The van der Waals surface area contributed by atoms with Crippen molar-refractivity contribution in [3.05, 3.63) is 71.3 Å². The molecule has 32 heavy (non-hydrogen) atoms. The number of rotatable bonds is 6. The van der Waals surface area contributed by atoms with Crippen LogP contribution >= 0.6 is 23.4 Å². The van der Waals surface area contributed by atoms with E-state index >= 15 is 0 Å². The molecule has 0 aliphatic carbocycles. The summed E-state index contributed by atoms with van der Waals surface area (Å²) in [5.41, 5.74) is 0.917. The molecule has 6 nitrogen and oxygen atoms in total. The minimum absolute atomic E-state index is 0.00227. The minimum Gasteiger partial charge on any atom is -0.368 e. The van der Waals surface area contributed by atoms with E-state index in [-0.39, 0.29) is 11.4 Å². The van der Waals surface area contributed by atoms with Crippen LogP contribution in [0.5, 0.6) is 0 Å². The third kappa shape index (κ3) is 5.66. The van der Waals surface area contributed by atoms with E-state index in [2.05, 4.69) is 25.3 Å². The highest BCUT2D eigenvalue weighted by Crippen LogP contribution is 2.23. The number of anilines is 3. The van der Waals surface area contributed by atoms with Gasteiger partial charge in [0.1, 0.15) is 16.7 Å². The molecule has 0 saturated carbocycles. The van der Waals surface area contributed by atoms with Gasteiger partial charge in [-0.15, -0.1) is 10.2 Å². The van der Waals surface area contributed by atoms with Crippen LogP contribution in [0.2, 0.25) is 5.02 Å². The molecular weight excluding hydrogens is 456 g/mol. The topological polar surface area (TPSA) is 61.4 Å². The Morgan fingerprint density at radius 3 is 2.50 bits per heavy atom. The first-order valence-corrected chi connectivity index (χ1v) is 11.3. The second-order valence-corrected chi connectivity index (χ2v) is 8.58. The van der Waals surface area contributed by atoms with Crippen molar-refractivity contribution in [1.29, 1.82) is 0 Å². The standard InChI is InChI=1S/C22H20ClF2N5OS/c23-15-2-1-3-17(12-15)29-8-10-30(11-9-29)20-6-7-22(28-27-20)32-14-21(31)26-19-13-16(24)4-5-18(19)25/h1-7,12-13H,8-11,14H2,(H,26,31). The van der Waals surface area contributed by atoms with E-state index in [1.54, 1.807) is 6.07 Å². The zero-order valence-electron chi connectivity index (χ0n) is 17.0. The Kier molecular flexibility index (Phi) is 7.06. The molecule has 1 aromatic heterocycles. The van der Waals surface area contributed by atoms with Gasteiger partial charge in [0.05, 0.1) is 11.4 Å². The molecule has 10 heteroatoms. The number of piperazine rings is 1. The predicted octanol–water partition coefficient (Wildman–Crippen LogP) is 4.47. The number of amides is 1. The van der Waals surface area contributed by atoms with Crippen molar-refractivity contribution >= 4 is 46.5 Å². The summed E-state index contributed by atoms with van der Waals surface area (Å²) in [5.74, 6) is -0.995. The monoisotopic (exact) mass is 475 g/mol. The SMILES string of the molecule is O=C(CSc1ccc(N2CCN(c3cccc(Cl)c3)CC2)nn1)Nc1cc(F)ccc1F. The van der Waals surface area contributed by atoms with E-state index in [1.807, 2.05) is 30.3 Å². The van der Waals surface area contributed by atoms with Gasteiger partial charge < -0.3 is 15.1 Å². The van der Waals surface area contributed by atoms with Crippen molar-refractivity contribution in [2.24, 2.45) is 0 Å². The molecule has 2 aromatic carbocycles. The van der Waals surface area contributed by atoms with Crippen LogP contribution in [0.1, 0.15) is 0 Å². The van der Waals surface area contributed by atoms with Gasteiger partial charge in [-0.1, -0.05) is 29.4 Å². The van der Waals surface area contributed by atoms with Crippen LogP contribution in [-0.2, 0) is 4.79 Å². The summed E-state index contributed by atoms with van der Waals surface area (Å²) in [6.07, 6.45) is 0. The smallest absolute Gasteiger partial charge is 0.234 e. The lowest BCUT2D eigenvalue weighted by atomic mass is 10.2. The number of nitrogens with zero attached hydrogens (tertiary/aromatic N) is 4. The predicted molar refractivity (Wildman–Crippen MR) is 124 cm³/mol. The van der Waals surface area contributed by atoms with E-state index in [0.29, 0.717) is 5.03 Å². The molecule has 1 aliphatic heterocycles. The largest absolute Gasteiger partial charge is 0.368 e. The molecule has 2 heterocycles. The molecule has 0 atom stereocenters. The number of halogens is 3. The van der Waals surface area contributed by atoms with Gasteiger partial charge in [0.2, 0.25) is 5.91 Å². The van der Waals surface area contributed by atoms with Crippen LogP contribution in [0.3, 0.4) is 0 Å². The molecule has 0 radical (unpaired) electrons. The second kappa shape index (κ2) is 10.1. The molecule has 1 fully saturated rings. The molecule has 166 valence electrons. The molecule has 0 spiro atoms. The Balaban J connectivity index is 1.27. The van der Waals surface area contributed by atoms with Crippen molar-refractivity contribution in [3.63, 3.8) is 0 Å². The lowest BCUT2D eigenvalue weighted by Crippen LogP contribution is -2.46. The van der Waals surface area contributed by atoms with Gasteiger partial charge in [-0.2, -0.15) is 0 Å². The van der Waals surface area contributed by atoms with Gasteiger partial charge in [-0.3, -0.25) is 4.79 Å². The van der Waals surface area contributed by atoms with Gasteiger partial charge in [0, 0.05) is 43.0 Å². The number of carbonyl (C=O) groups is 1. The van der Waals surface area contributed by atoms with Crippen molar-refractivity contribution in [3.8, 4) is 0 Å². The first kappa shape index (κ1) is 22.3. The second-order valence-electron chi connectivity index (χ2n) is 7.14. The number of benzene rings is 2. The number of hydrogen-bond acceptors (Lipinski definition) is 6. The summed E-state index contributed by atoms with van der Waals surface area (Å²) in [5, 5.41) is 12.1. The average molecular weight is 476 g/mol. The lowest BCUT2D eigenvalue weighted by Gasteiger charge is -2.36. The fourth-order valence-corrected chi connectivity index (χ4v) is 4.14. The number of carbonyl (C=O) groups excluding carboxylic acids is 1. The van der Waals surface area contributed by atoms with Crippen molar-refractivity contribution in [2.75, 3.05) is 47.0 Å². The zero-order chi connectivity index (χ0) is 22.5. The summed E-state index contributed by atoms with van der Waals surface area (Å²) in [6.45, 7) is 3.29. The Hall–Kier alpha value is -2.91. The van der Waals surface area contributed by atoms with Crippen LogP contribution in [-0.4, -0.2) is 48.0 Å². The highest BCUT2D eigenvalue weighted by atomic mass is 35.5. The summed E-state index contributed by atoms with van der Waals surface area (Å²) < 4.78 is 26.8. The van der Waals surface area contributed by atoms with Gasteiger partial charge in [0.15, 0.2) is 5.82 Å². The van der Waals surface area contributed by atoms with E-state index < -0.39 is 17.5 Å². The minimum atomic E-state index is -0.690. The Morgan fingerprint density at radius 1 is 1.00 bits per heavy atom. The highest BCUT2D eigenvalue weighted by Gasteiger charge is 2.19. The molecule has 1 amide bonds. The quantitative estimate of drug-likeness (QED) is 0.531. The third-order valence-corrected chi connectivity index (χ3v) is 6.11. The summed E-state index contributed by atoms with van der Waals surface area (Å²) in [4.78, 5) is 16.5. The molecule has 1 saturated heterocycles. The Morgan fingerprint density at radius 2 is 1.78 bits per heavy atom. The fraction of sp³-hybridized carbons (Fsp3) is 0.227. The van der Waals surface area contributed by atoms with Crippen LogP contribution in [0.15, 0.2) is 59.6 Å². The molecule has 1 aliphatic rings. The molecule has 0 unspecified atom stereocenters. The first-order valence-electron chi connectivity index (χ1n) is 9.95. The normalized spacial score (nSPS) is 13.8. The number of aromatic nitrogens is 2. The Bertz CT molecular complexity index is 1090. The maximum atomic E-state index is 13.6. The van der Waals surface area contributed by atoms with Gasteiger partial charge in [0.25, 0.3) is 0 Å². The number of thioether (sulfide) groups is 1. The van der Waals surface area contributed by atoms with Crippen molar-refractivity contribution < 1.29 is 13.6 Å². The molecular formula is C22H20ClF2N5OS. The molecule has 1 N–H and O–H groups in total. The van der Waals surface area contributed by atoms with Crippen LogP contribution in [0.4, 0.5) is 26.0 Å². The number of hydrogen-bond donors (Lipinski definition) is 1. The maximum absolute atomic E-state index is 13.6. The summed E-state index contributed by atoms with van der Waals surface area (Å²) >= 11 is 7.26. The van der Waals surface area contributed by atoms with Gasteiger partial charge in [-0.05, 0) is 42.5 Å². The molecule has 3 aromatic rings. The van der Waals surface area contributed by atoms with E-state index in [1.165, 1.54) is 11.8 Å². The van der Waals surface area contributed by atoms with Crippen LogP contribution in [0.25, 0.3) is 0 Å². The summed E-state index contributed by atoms with van der Waals surface area (Å²) in [7, 11) is 0. The van der Waals surface area contributed by atoms with E-state index in [0.717, 1.165) is 60.9 Å². The summed E-state index contributed by atoms with van der Waals surface area (Å²) in [6, 6.07) is 14.4. The van der Waals surface area contributed by atoms with Crippen molar-refractivity contribution in [1.82, 2.24) is 10.2 Å². The molecule has 0 bridgehead atoms. The Labute approximate surface area is 193 Å². The average Bonchev–Trinajstić information content (AvgIpc) is 2.81. The lowest BCUT2D eigenvalue weighted by molar-refractivity contribution is -0.113. The van der Waals surface area contributed by atoms with E-state index in [4.69, 9.17) is 11.6 Å². The van der Waals surface area contributed by atoms with Gasteiger partial charge in [-0.25, -0.2) is 8.78 Å². The number of nitrogens with one attached hydrogen (secondary N) is 1. The maximum Gasteiger partial charge on any atom is 0.234 e. The van der Waals surface area contributed by atoms with Crippen molar-refractivity contribution in [2.45, 2.75) is 5.03 Å². The van der Waals surface area contributed by atoms with Crippen LogP contribution < -0.4 is 15.1 Å². The fourth-order valence-electron chi connectivity index (χ4n) is 3.34. The van der Waals surface area contributed by atoms with Crippen LogP contribution in [0, 0.1) is 11.6 Å².